The van der Waals surface area contributed by atoms with Crippen molar-refractivity contribution in [1.29, 1.82) is 0 Å². The van der Waals surface area contributed by atoms with Crippen LogP contribution >= 0.6 is 0 Å². The minimum atomic E-state index is -2.29. The van der Waals surface area contributed by atoms with Crippen LogP contribution in [0, 0.1) is 5.92 Å². The van der Waals surface area contributed by atoms with Crippen molar-refractivity contribution in [3.8, 4) is 0 Å². The maximum atomic E-state index is 5.88. The number of hydrogen-bond donors (Lipinski definition) is 1. The predicted molar refractivity (Wildman–Crippen MR) is 74.0 cm³/mol. The van der Waals surface area contributed by atoms with Gasteiger partial charge in [-0.3, -0.25) is 4.98 Å². The second-order valence-electron chi connectivity index (χ2n) is 6.32. The minimum absolute atomic E-state index is 0.0371. The summed E-state index contributed by atoms with van der Waals surface area (Å²) in [7, 11) is 1.31. The molecule has 0 heterocycles. The van der Waals surface area contributed by atoms with Gasteiger partial charge in [-0.05, 0) is 33.1 Å². The van der Waals surface area contributed by atoms with Crippen molar-refractivity contribution in [3.05, 3.63) is 0 Å². The van der Waals surface area contributed by atoms with E-state index in [0.717, 1.165) is 0 Å². The highest BCUT2D eigenvalue weighted by Crippen LogP contribution is 2.41. The zero-order chi connectivity index (χ0) is 13.1. The molecule has 1 aliphatic carbocycles. The van der Waals surface area contributed by atoms with Crippen molar-refractivity contribution in [2.24, 2.45) is 5.92 Å². The summed E-state index contributed by atoms with van der Waals surface area (Å²) in [5.74, 6) is 0.699. The maximum Gasteiger partial charge on any atom is 0.428 e. The van der Waals surface area contributed by atoms with Gasteiger partial charge >= 0.3 is 8.72 Å². The van der Waals surface area contributed by atoms with E-state index in [4.69, 9.17) is 8.85 Å². The first-order valence-electron chi connectivity index (χ1n) is 6.74. The average molecular weight is 259 g/mol. The van der Waals surface area contributed by atoms with E-state index in [1.165, 1.54) is 25.7 Å². The Labute approximate surface area is 108 Å². The second-order valence-corrected chi connectivity index (χ2v) is 9.46. The van der Waals surface area contributed by atoms with E-state index < -0.39 is 8.72 Å². The SMILES string of the molecule is CO[Si](NC(C)(C)C)(OC)C1CCCCC1C. The third-order valence-electron chi connectivity index (χ3n) is 3.76. The van der Waals surface area contributed by atoms with Gasteiger partial charge in [0.05, 0.1) is 0 Å². The van der Waals surface area contributed by atoms with Crippen LogP contribution in [0.1, 0.15) is 53.4 Å². The molecule has 1 fully saturated rings. The number of rotatable bonds is 4. The molecule has 0 saturated heterocycles. The van der Waals surface area contributed by atoms with Crippen LogP contribution in [0.25, 0.3) is 0 Å². The van der Waals surface area contributed by atoms with Crippen molar-refractivity contribution < 1.29 is 8.85 Å². The van der Waals surface area contributed by atoms with Gasteiger partial charge in [0.2, 0.25) is 0 Å². The lowest BCUT2D eigenvalue weighted by Gasteiger charge is -2.43. The standard InChI is InChI=1S/C13H29NO2Si/c1-11-9-7-8-10-12(11)17(15-5,16-6)14-13(2,3)4/h11-12,14H,7-10H2,1-6H3. The summed E-state index contributed by atoms with van der Waals surface area (Å²) < 4.78 is 11.8. The van der Waals surface area contributed by atoms with Crippen LogP contribution in [0.4, 0.5) is 0 Å². The Morgan fingerprint density at radius 1 is 1.06 bits per heavy atom. The highest BCUT2D eigenvalue weighted by molar-refractivity contribution is 6.66. The topological polar surface area (TPSA) is 30.5 Å². The molecule has 1 N–H and O–H groups in total. The molecule has 3 nitrogen and oxygen atoms in total. The van der Waals surface area contributed by atoms with Gasteiger partial charge in [-0.2, -0.15) is 0 Å². The Kier molecular flexibility index (Phi) is 5.19. The molecule has 2 atom stereocenters. The van der Waals surface area contributed by atoms with Crippen LogP contribution in [-0.4, -0.2) is 28.5 Å². The van der Waals surface area contributed by atoms with Crippen LogP contribution in [0.5, 0.6) is 0 Å². The Hall–Kier alpha value is 0.0969. The molecule has 0 bridgehead atoms. The van der Waals surface area contributed by atoms with Crippen LogP contribution in [0.15, 0.2) is 0 Å². The third kappa shape index (κ3) is 3.78. The first kappa shape index (κ1) is 15.2. The van der Waals surface area contributed by atoms with Gasteiger partial charge in [-0.15, -0.1) is 0 Å². The van der Waals surface area contributed by atoms with Crippen molar-refractivity contribution in [1.82, 2.24) is 4.98 Å². The fourth-order valence-electron chi connectivity index (χ4n) is 2.98. The maximum absolute atomic E-state index is 5.88. The smallest absolute Gasteiger partial charge is 0.386 e. The van der Waals surface area contributed by atoms with E-state index >= 15 is 0 Å². The zero-order valence-corrected chi connectivity index (χ0v) is 13.3. The Morgan fingerprint density at radius 2 is 1.59 bits per heavy atom. The summed E-state index contributed by atoms with van der Waals surface area (Å²) >= 11 is 0. The summed E-state index contributed by atoms with van der Waals surface area (Å²) in [6.45, 7) is 8.88. The Balaban J connectivity index is 2.88. The third-order valence-corrected chi connectivity index (χ3v) is 7.90. The molecule has 2 unspecified atom stereocenters. The van der Waals surface area contributed by atoms with E-state index in [1.807, 2.05) is 0 Å². The quantitative estimate of drug-likeness (QED) is 0.787. The monoisotopic (exact) mass is 259 g/mol. The van der Waals surface area contributed by atoms with Crippen molar-refractivity contribution in [2.45, 2.75) is 64.5 Å². The van der Waals surface area contributed by atoms with Crippen LogP contribution in [0.3, 0.4) is 0 Å². The summed E-state index contributed by atoms with van der Waals surface area (Å²) in [6.07, 6.45) is 5.20. The second kappa shape index (κ2) is 5.82. The highest BCUT2D eigenvalue weighted by atomic mass is 28.4. The van der Waals surface area contributed by atoms with Crippen LogP contribution in [0.2, 0.25) is 5.54 Å². The van der Waals surface area contributed by atoms with Gasteiger partial charge < -0.3 is 8.85 Å². The molecule has 17 heavy (non-hydrogen) atoms. The first-order valence-corrected chi connectivity index (χ1v) is 8.63. The summed E-state index contributed by atoms with van der Waals surface area (Å²) in [4.78, 5) is 3.66. The average Bonchev–Trinajstić information content (AvgIpc) is 2.25. The molecule has 0 aromatic heterocycles. The highest BCUT2D eigenvalue weighted by Gasteiger charge is 2.50. The zero-order valence-electron chi connectivity index (χ0n) is 12.3. The molecule has 0 spiro atoms. The molecule has 0 radical (unpaired) electrons. The summed E-state index contributed by atoms with van der Waals surface area (Å²) in [5, 5.41) is 0. The van der Waals surface area contributed by atoms with E-state index in [-0.39, 0.29) is 5.54 Å². The molecule has 0 amide bonds. The van der Waals surface area contributed by atoms with Gasteiger partial charge in [-0.1, -0.05) is 26.2 Å². The molecule has 0 aromatic carbocycles. The largest absolute Gasteiger partial charge is 0.428 e. The first-order chi connectivity index (χ1) is 7.84. The molecule has 1 aliphatic rings. The lowest BCUT2D eigenvalue weighted by atomic mass is 9.90. The van der Waals surface area contributed by atoms with E-state index in [0.29, 0.717) is 11.5 Å². The molecule has 102 valence electrons. The van der Waals surface area contributed by atoms with Gasteiger partial charge in [0, 0.05) is 25.3 Å². The molecular formula is C13H29NO2Si. The molecular weight excluding hydrogens is 230 g/mol. The van der Waals surface area contributed by atoms with Crippen LogP contribution in [-0.2, 0) is 8.85 Å². The molecule has 1 rings (SSSR count). The van der Waals surface area contributed by atoms with Crippen molar-refractivity contribution >= 4 is 8.72 Å². The van der Waals surface area contributed by atoms with Gasteiger partial charge in [0.1, 0.15) is 0 Å². The van der Waals surface area contributed by atoms with Crippen LogP contribution < -0.4 is 4.98 Å². The molecule has 0 aromatic rings. The summed E-state index contributed by atoms with van der Waals surface area (Å²) in [5.41, 5.74) is 0.598. The molecule has 1 saturated carbocycles. The lowest BCUT2D eigenvalue weighted by Crippen LogP contribution is -2.65. The van der Waals surface area contributed by atoms with Crippen molar-refractivity contribution in [3.63, 3.8) is 0 Å². The number of hydrogen-bond acceptors (Lipinski definition) is 3. The minimum Gasteiger partial charge on any atom is -0.386 e. The Bertz CT molecular complexity index is 236. The van der Waals surface area contributed by atoms with Crippen molar-refractivity contribution in [2.75, 3.05) is 14.2 Å². The van der Waals surface area contributed by atoms with E-state index in [1.54, 1.807) is 14.2 Å². The molecule has 4 heteroatoms. The molecule has 0 aliphatic heterocycles. The van der Waals surface area contributed by atoms with Gasteiger partial charge in [0.15, 0.2) is 0 Å². The lowest BCUT2D eigenvalue weighted by molar-refractivity contribution is 0.174. The normalized spacial score (nSPS) is 27.2. The predicted octanol–water partition coefficient (Wildman–Crippen LogP) is 3.19. The Morgan fingerprint density at radius 3 is 2.00 bits per heavy atom. The van der Waals surface area contributed by atoms with Gasteiger partial charge in [0.25, 0.3) is 0 Å². The fourth-order valence-corrected chi connectivity index (χ4v) is 6.69. The van der Waals surface area contributed by atoms with E-state index in [9.17, 15) is 0 Å². The summed E-state index contributed by atoms with van der Waals surface area (Å²) in [6, 6.07) is 0. The number of nitrogens with one attached hydrogen (secondary N) is 1. The fraction of sp³-hybridized carbons (Fsp3) is 1.00. The van der Waals surface area contributed by atoms with Gasteiger partial charge in [-0.25, -0.2) is 0 Å². The van der Waals surface area contributed by atoms with E-state index in [2.05, 4.69) is 32.7 Å².